The highest BCUT2D eigenvalue weighted by Gasteiger charge is 2.14. The average Bonchev–Trinajstić information content (AvgIpc) is 2.37. The van der Waals surface area contributed by atoms with Gasteiger partial charge in [-0.1, -0.05) is 6.92 Å². The average molecular weight is 270 g/mol. The van der Waals surface area contributed by atoms with Crippen LogP contribution in [0.2, 0.25) is 0 Å². The number of benzene rings is 1. The minimum atomic E-state index is -0.446. The van der Waals surface area contributed by atoms with Gasteiger partial charge in [-0.15, -0.1) is 0 Å². The molecular weight excluding hydrogens is 252 g/mol. The molecule has 1 aromatic rings. The van der Waals surface area contributed by atoms with E-state index >= 15 is 0 Å². The highest BCUT2D eigenvalue weighted by molar-refractivity contribution is 7.99. The summed E-state index contributed by atoms with van der Waals surface area (Å²) in [5, 5.41) is 14.6. The van der Waals surface area contributed by atoms with Gasteiger partial charge in [0.1, 0.15) is 0 Å². The molecule has 0 amide bonds. The van der Waals surface area contributed by atoms with E-state index < -0.39 is 4.92 Å². The summed E-state index contributed by atoms with van der Waals surface area (Å²) in [5.74, 6) is 0.280. The van der Waals surface area contributed by atoms with Gasteiger partial charge >= 0.3 is 5.69 Å². The summed E-state index contributed by atoms with van der Waals surface area (Å²) in [6.07, 6.45) is 3.13. The Kier molecular flexibility index (Phi) is 5.77. The van der Waals surface area contributed by atoms with Crippen LogP contribution in [0, 0.1) is 10.1 Å². The predicted molar refractivity (Wildman–Crippen MR) is 75.7 cm³/mol. The first-order valence-corrected chi connectivity index (χ1v) is 6.96. The van der Waals surface area contributed by atoms with E-state index in [1.165, 1.54) is 13.2 Å². The van der Waals surface area contributed by atoms with Crippen molar-refractivity contribution in [3.05, 3.63) is 28.3 Å². The molecule has 0 aliphatic heterocycles. The first-order valence-electron chi connectivity index (χ1n) is 5.67. The molecule has 1 rings (SSSR count). The zero-order chi connectivity index (χ0) is 13.5. The van der Waals surface area contributed by atoms with Crippen LogP contribution in [0.1, 0.15) is 13.3 Å². The molecule has 1 atom stereocenters. The fraction of sp³-hybridized carbons (Fsp3) is 0.500. The third kappa shape index (κ3) is 4.10. The Bertz CT molecular complexity index is 412. The minimum absolute atomic E-state index is 0.0134. The second-order valence-corrected chi connectivity index (χ2v) is 5.18. The van der Waals surface area contributed by atoms with Crippen molar-refractivity contribution >= 4 is 23.1 Å². The lowest BCUT2D eigenvalue weighted by Crippen LogP contribution is -2.07. The van der Waals surface area contributed by atoms with E-state index in [0.717, 1.165) is 18.7 Å². The van der Waals surface area contributed by atoms with Crippen LogP contribution in [-0.2, 0) is 0 Å². The first-order chi connectivity index (χ1) is 8.58. The SMILES string of the molecule is COc1cc(NCCC(C)SC)ccc1[N+](=O)[O-]. The largest absolute Gasteiger partial charge is 0.490 e. The van der Waals surface area contributed by atoms with Crippen LogP contribution in [-0.4, -0.2) is 30.1 Å². The number of methoxy groups -OCH3 is 1. The van der Waals surface area contributed by atoms with E-state index in [-0.39, 0.29) is 11.4 Å². The van der Waals surface area contributed by atoms with Gasteiger partial charge < -0.3 is 10.1 Å². The Morgan fingerprint density at radius 3 is 2.83 bits per heavy atom. The standard InChI is InChI=1S/C12H18N2O3S/c1-9(18-3)6-7-13-10-4-5-11(14(15)16)12(8-10)17-2/h4-5,8-9,13H,6-7H2,1-3H3. The zero-order valence-corrected chi connectivity index (χ0v) is 11.6. The first kappa shape index (κ1) is 14.6. The van der Waals surface area contributed by atoms with E-state index in [9.17, 15) is 10.1 Å². The van der Waals surface area contributed by atoms with Crippen molar-refractivity contribution in [2.45, 2.75) is 18.6 Å². The van der Waals surface area contributed by atoms with E-state index in [1.807, 2.05) is 11.8 Å². The second kappa shape index (κ2) is 7.10. The molecule has 1 aromatic carbocycles. The predicted octanol–water partition coefficient (Wildman–Crippen LogP) is 3.16. The second-order valence-electron chi connectivity index (χ2n) is 3.91. The Morgan fingerprint density at radius 2 is 2.28 bits per heavy atom. The Hall–Kier alpha value is -1.43. The van der Waals surface area contributed by atoms with E-state index in [1.54, 1.807) is 12.1 Å². The normalized spacial score (nSPS) is 11.9. The van der Waals surface area contributed by atoms with Crippen LogP contribution in [0.3, 0.4) is 0 Å². The van der Waals surface area contributed by atoms with Crippen molar-refractivity contribution in [3.8, 4) is 5.75 Å². The van der Waals surface area contributed by atoms with E-state index in [4.69, 9.17) is 4.74 Å². The lowest BCUT2D eigenvalue weighted by Gasteiger charge is -2.11. The summed E-state index contributed by atoms with van der Waals surface area (Å²) in [6, 6.07) is 4.81. The molecule has 1 N–H and O–H groups in total. The van der Waals surface area contributed by atoms with Crippen LogP contribution >= 0.6 is 11.8 Å². The lowest BCUT2D eigenvalue weighted by atomic mass is 10.2. The number of hydrogen-bond donors (Lipinski definition) is 1. The molecule has 0 bridgehead atoms. The smallest absolute Gasteiger partial charge is 0.311 e. The number of nitro benzene ring substituents is 1. The van der Waals surface area contributed by atoms with Gasteiger partial charge in [-0.2, -0.15) is 11.8 Å². The number of hydrogen-bond acceptors (Lipinski definition) is 5. The van der Waals surface area contributed by atoms with Gasteiger partial charge in [0.2, 0.25) is 0 Å². The van der Waals surface area contributed by atoms with Crippen LogP contribution in [0.25, 0.3) is 0 Å². The van der Waals surface area contributed by atoms with Crippen molar-refractivity contribution in [3.63, 3.8) is 0 Å². The third-order valence-electron chi connectivity index (χ3n) is 2.66. The molecule has 0 spiro atoms. The van der Waals surface area contributed by atoms with Crippen LogP contribution < -0.4 is 10.1 Å². The fourth-order valence-electron chi connectivity index (χ4n) is 1.48. The summed E-state index contributed by atoms with van der Waals surface area (Å²) < 4.78 is 5.01. The lowest BCUT2D eigenvalue weighted by molar-refractivity contribution is -0.385. The molecule has 100 valence electrons. The Balaban J connectivity index is 2.65. The highest BCUT2D eigenvalue weighted by atomic mass is 32.2. The van der Waals surface area contributed by atoms with Gasteiger partial charge in [-0.05, 0) is 18.7 Å². The van der Waals surface area contributed by atoms with Gasteiger partial charge in [0, 0.05) is 29.6 Å². The van der Waals surface area contributed by atoms with Crippen molar-refractivity contribution in [1.82, 2.24) is 0 Å². The molecule has 0 heterocycles. The van der Waals surface area contributed by atoms with Gasteiger partial charge in [-0.25, -0.2) is 0 Å². The number of nitrogens with zero attached hydrogens (tertiary/aromatic N) is 1. The molecule has 5 nitrogen and oxygen atoms in total. The summed E-state index contributed by atoms with van der Waals surface area (Å²) in [7, 11) is 1.43. The Labute approximate surface area is 111 Å². The molecule has 0 aromatic heterocycles. The molecular formula is C12H18N2O3S. The molecule has 0 saturated heterocycles. The number of nitro groups is 1. The van der Waals surface area contributed by atoms with Crippen molar-refractivity contribution in [2.75, 3.05) is 25.2 Å². The summed E-state index contributed by atoms with van der Waals surface area (Å²) in [6.45, 7) is 3.01. The molecule has 1 unspecified atom stereocenters. The number of rotatable bonds is 7. The molecule has 0 saturated carbocycles. The van der Waals surface area contributed by atoms with Crippen molar-refractivity contribution in [1.29, 1.82) is 0 Å². The quantitative estimate of drug-likeness (QED) is 0.609. The molecule has 18 heavy (non-hydrogen) atoms. The van der Waals surface area contributed by atoms with Crippen molar-refractivity contribution < 1.29 is 9.66 Å². The maximum Gasteiger partial charge on any atom is 0.311 e. The fourth-order valence-corrected chi connectivity index (χ4v) is 1.83. The minimum Gasteiger partial charge on any atom is -0.490 e. The molecule has 0 fully saturated rings. The number of nitrogens with one attached hydrogen (secondary N) is 1. The summed E-state index contributed by atoms with van der Waals surface area (Å²) in [4.78, 5) is 10.3. The maximum absolute atomic E-state index is 10.7. The van der Waals surface area contributed by atoms with Crippen LogP contribution in [0.5, 0.6) is 5.75 Å². The maximum atomic E-state index is 10.7. The third-order valence-corrected chi connectivity index (χ3v) is 3.70. The van der Waals surface area contributed by atoms with E-state index in [0.29, 0.717) is 5.25 Å². The van der Waals surface area contributed by atoms with Crippen LogP contribution in [0.15, 0.2) is 18.2 Å². The van der Waals surface area contributed by atoms with E-state index in [2.05, 4.69) is 18.5 Å². The van der Waals surface area contributed by atoms with Gasteiger partial charge in [0.05, 0.1) is 12.0 Å². The monoisotopic (exact) mass is 270 g/mol. The van der Waals surface area contributed by atoms with Crippen LogP contribution in [0.4, 0.5) is 11.4 Å². The molecule has 0 radical (unpaired) electrons. The topological polar surface area (TPSA) is 64.4 Å². The number of thioether (sulfide) groups is 1. The number of ether oxygens (including phenoxy) is 1. The summed E-state index contributed by atoms with van der Waals surface area (Å²) in [5.41, 5.74) is 0.825. The zero-order valence-electron chi connectivity index (χ0n) is 10.8. The molecule has 0 aliphatic rings. The molecule has 0 aliphatic carbocycles. The molecule has 6 heteroatoms. The Morgan fingerprint density at radius 1 is 1.56 bits per heavy atom. The van der Waals surface area contributed by atoms with Gasteiger partial charge in [-0.3, -0.25) is 10.1 Å². The number of anilines is 1. The van der Waals surface area contributed by atoms with Gasteiger partial charge in [0.15, 0.2) is 5.75 Å². The summed E-state index contributed by atoms with van der Waals surface area (Å²) >= 11 is 1.82. The van der Waals surface area contributed by atoms with Crippen molar-refractivity contribution in [2.24, 2.45) is 0 Å². The van der Waals surface area contributed by atoms with Gasteiger partial charge in [0.25, 0.3) is 0 Å². The highest BCUT2D eigenvalue weighted by Crippen LogP contribution is 2.29.